The van der Waals surface area contributed by atoms with Crippen LogP contribution in [0, 0.1) is 6.92 Å². The quantitative estimate of drug-likeness (QED) is 0.795. The van der Waals surface area contributed by atoms with Gasteiger partial charge >= 0.3 is 0 Å². The van der Waals surface area contributed by atoms with E-state index in [4.69, 9.17) is 0 Å². The molecule has 0 spiro atoms. The lowest BCUT2D eigenvalue weighted by atomic mass is 10.2. The second-order valence-corrected chi connectivity index (χ2v) is 7.97. The second kappa shape index (κ2) is 6.46. The van der Waals surface area contributed by atoms with Crippen LogP contribution in [0.4, 0.5) is 0 Å². The molecule has 116 valence electrons. The highest BCUT2D eigenvalue weighted by molar-refractivity contribution is 9.10. The Labute approximate surface area is 134 Å². The fraction of sp³-hybridized carbons (Fsp3) is 0.500. The molecule has 1 heterocycles. The van der Waals surface area contributed by atoms with E-state index in [2.05, 4.69) is 15.9 Å². The van der Waals surface area contributed by atoms with Crippen molar-refractivity contribution < 1.29 is 13.2 Å². The van der Waals surface area contributed by atoms with Gasteiger partial charge in [-0.1, -0.05) is 15.9 Å². The van der Waals surface area contributed by atoms with E-state index in [1.807, 2.05) is 6.92 Å². The topological polar surface area (TPSA) is 57.7 Å². The summed E-state index contributed by atoms with van der Waals surface area (Å²) in [6.45, 7) is 5.23. The van der Waals surface area contributed by atoms with Crippen molar-refractivity contribution in [1.82, 2.24) is 9.21 Å². The molecule has 1 amide bonds. The monoisotopic (exact) mass is 374 g/mol. The fourth-order valence-corrected chi connectivity index (χ4v) is 4.18. The van der Waals surface area contributed by atoms with Crippen molar-refractivity contribution in [3.63, 3.8) is 0 Å². The summed E-state index contributed by atoms with van der Waals surface area (Å²) in [4.78, 5) is 13.4. The molecule has 0 unspecified atom stereocenters. The lowest BCUT2D eigenvalue weighted by Gasteiger charge is -2.21. The maximum Gasteiger partial charge on any atom is 0.243 e. The van der Waals surface area contributed by atoms with Gasteiger partial charge < -0.3 is 4.90 Å². The molecule has 7 heteroatoms. The zero-order chi connectivity index (χ0) is 15.6. The summed E-state index contributed by atoms with van der Waals surface area (Å²) in [5, 5.41) is 0. The number of amides is 1. The van der Waals surface area contributed by atoms with E-state index in [0.717, 1.165) is 10.0 Å². The molecule has 1 aromatic rings. The van der Waals surface area contributed by atoms with Gasteiger partial charge in [0, 0.05) is 37.6 Å². The minimum atomic E-state index is -3.50. The fourth-order valence-electron chi connectivity index (χ4n) is 2.38. The number of rotatable bonds is 2. The Balaban J connectivity index is 2.23. The molecule has 0 atom stereocenters. The largest absolute Gasteiger partial charge is 0.342 e. The predicted molar refractivity (Wildman–Crippen MR) is 84.5 cm³/mol. The maximum absolute atomic E-state index is 12.7. The van der Waals surface area contributed by atoms with Gasteiger partial charge in [0.25, 0.3) is 0 Å². The number of hydrogen-bond donors (Lipinski definition) is 0. The molecule has 1 aromatic carbocycles. The number of halogens is 1. The van der Waals surface area contributed by atoms with Crippen LogP contribution in [0.15, 0.2) is 27.6 Å². The zero-order valence-corrected chi connectivity index (χ0v) is 14.6. The van der Waals surface area contributed by atoms with Crippen molar-refractivity contribution in [3.05, 3.63) is 28.2 Å². The van der Waals surface area contributed by atoms with Crippen molar-refractivity contribution >= 4 is 31.9 Å². The second-order valence-electron chi connectivity index (χ2n) is 5.17. The summed E-state index contributed by atoms with van der Waals surface area (Å²) < 4.78 is 27.7. The molecule has 0 saturated carbocycles. The van der Waals surface area contributed by atoms with Gasteiger partial charge in [-0.3, -0.25) is 4.79 Å². The van der Waals surface area contributed by atoms with E-state index >= 15 is 0 Å². The Morgan fingerprint density at radius 2 is 1.90 bits per heavy atom. The molecular formula is C14H19BrN2O3S. The first-order chi connectivity index (χ1) is 9.82. The van der Waals surface area contributed by atoms with E-state index in [-0.39, 0.29) is 5.91 Å². The van der Waals surface area contributed by atoms with Crippen molar-refractivity contribution in [2.24, 2.45) is 0 Å². The molecule has 1 aliphatic rings. The summed E-state index contributed by atoms with van der Waals surface area (Å²) in [6, 6.07) is 5.04. The maximum atomic E-state index is 12.7. The molecular weight excluding hydrogens is 356 g/mol. The predicted octanol–water partition coefficient (Wildman–Crippen LogP) is 2.00. The van der Waals surface area contributed by atoms with Gasteiger partial charge in [0.15, 0.2) is 0 Å². The first-order valence-corrected chi connectivity index (χ1v) is 9.07. The molecule has 2 rings (SSSR count). The highest BCUT2D eigenvalue weighted by atomic mass is 79.9. The summed E-state index contributed by atoms with van der Waals surface area (Å²) in [7, 11) is -3.50. The van der Waals surface area contributed by atoms with Crippen LogP contribution in [-0.2, 0) is 14.8 Å². The molecule has 1 saturated heterocycles. The number of aryl methyl sites for hydroxylation is 1. The van der Waals surface area contributed by atoms with Crippen LogP contribution in [0.1, 0.15) is 18.9 Å². The summed E-state index contributed by atoms with van der Waals surface area (Å²) in [5.41, 5.74) is 0.885. The van der Waals surface area contributed by atoms with E-state index in [1.165, 1.54) is 11.2 Å². The third-order valence-electron chi connectivity index (χ3n) is 3.67. The highest BCUT2D eigenvalue weighted by Crippen LogP contribution is 2.23. The number of carbonyl (C=O) groups excluding carboxylic acids is 1. The molecule has 0 aromatic heterocycles. The lowest BCUT2D eigenvalue weighted by Crippen LogP contribution is -2.36. The SMILES string of the molecule is CC(=O)N1CCCN(S(=O)(=O)c2ccc(Br)c(C)c2)CC1. The third kappa shape index (κ3) is 3.64. The van der Waals surface area contributed by atoms with Crippen molar-refractivity contribution in [3.8, 4) is 0 Å². The Bertz CT molecular complexity index is 646. The Morgan fingerprint density at radius 1 is 1.19 bits per heavy atom. The van der Waals surface area contributed by atoms with Gasteiger partial charge in [-0.25, -0.2) is 8.42 Å². The van der Waals surface area contributed by atoms with Crippen molar-refractivity contribution in [2.45, 2.75) is 25.2 Å². The first kappa shape index (κ1) is 16.5. The molecule has 21 heavy (non-hydrogen) atoms. The summed E-state index contributed by atoms with van der Waals surface area (Å²) >= 11 is 3.38. The molecule has 0 radical (unpaired) electrons. The van der Waals surface area contributed by atoms with E-state index in [1.54, 1.807) is 23.1 Å². The van der Waals surface area contributed by atoms with Gasteiger partial charge in [0.1, 0.15) is 0 Å². The van der Waals surface area contributed by atoms with Gasteiger partial charge in [0.05, 0.1) is 4.90 Å². The van der Waals surface area contributed by atoms with Crippen LogP contribution in [0.25, 0.3) is 0 Å². The minimum Gasteiger partial charge on any atom is -0.342 e. The van der Waals surface area contributed by atoms with Crippen LogP contribution < -0.4 is 0 Å². The average molecular weight is 375 g/mol. The lowest BCUT2D eigenvalue weighted by molar-refractivity contribution is -0.128. The number of carbonyl (C=O) groups is 1. The van der Waals surface area contributed by atoms with Crippen molar-refractivity contribution in [1.29, 1.82) is 0 Å². The molecule has 1 aliphatic heterocycles. The minimum absolute atomic E-state index is 0.00580. The number of nitrogens with zero attached hydrogens (tertiary/aromatic N) is 2. The number of benzene rings is 1. The Morgan fingerprint density at radius 3 is 2.52 bits per heavy atom. The van der Waals surface area contributed by atoms with Gasteiger partial charge in [0.2, 0.25) is 15.9 Å². The smallest absolute Gasteiger partial charge is 0.243 e. The first-order valence-electron chi connectivity index (χ1n) is 6.84. The highest BCUT2D eigenvalue weighted by Gasteiger charge is 2.27. The molecule has 5 nitrogen and oxygen atoms in total. The van der Waals surface area contributed by atoms with E-state index < -0.39 is 10.0 Å². The van der Waals surface area contributed by atoms with Crippen LogP contribution >= 0.6 is 15.9 Å². The van der Waals surface area contributed by atoms with Crippen LogP contribution in [0.3, 0.4) is 0 Å². The van der Waals surface area contributed by atoms with E-state index in [9.17, 15) is 13.2 Å². The summed E-state index contributed by atoms with van der Waals surface area (Å²) in [5.74, 6) is -0.00580. The number of hydrogen-bond acceptors (Lipinski definition) is 3. The number of sulfonamides is 1. The average Bonchev–Trinajstić information content (AvgIpc) is 2.68. The van der Waals surface area contributed by atoms with Crippen LogP contribution in [-0.4, -0.2) is 49.7 Å². The normalized spacial score (nSPS) is 17.6. The van der Waals surface area contributed by atoms with Crippen LogP contribution in [0.2, 0.25) is 0 Å². The third-order valence-corrected chi connectivity index (χ3v) is 6.45. The van der Waals surface area contributed by atoms with Crippen molar-refractivity contribution in [2.75, 3.05) is 26.2 Å². The molecule has 0 bridgehead atoms. The Kier molecular flexibility index (Phi) is 5.06. The van der Waals surface area contributed by atoms with Gasteiger partial charge in [-0.2, -0.15) is 4.31 Å². The standard InChI is InChI=1S/C14H19BrN2O3S/c1-11-10-13(4-5-14(11)15)21(19,20)17-7-3-6-16(8-9-17)12(2)18/h4-5,10H,3,6-9H2,1-2H3. The van der Waals surface area contributed by atoms with Gasteiger partial charge in [-0.15, -0.1) is 0 Å². The zero-order valence-electron chi connectivity index (χ0n) is 12.2. The summed E-state index contributed by atoms with van der Waals surface area (Å²) in [6.07, 6.45) is 0.661. The van der Waals surface area contributed by atoms with Gasteiger partial charge in [-0.05, 0) is 37.1 Å². The van der Waals surface area contributed by atoms with Crippen LogP contribution in [0.5, 0.6) is 0 Å². The Hall–Kier alpha value is -0.920. The molecule has 1 fully saturated rings. The molecule has 0 N–H and O–H groups in total. The van der Waals surface area contributed by atoms with E-state index in [0.29, 0.717) is 37.5 Å². The molecule has 0 aliphatic carbocycles.